The van der Waals surface area contributed by atoms with Crippen LogP contribution in [0.2, 0.25) is 0 Å². The Morgan fingerprint density at radius 3 is 2.44 bits per heavy atom. The molecule has 0 spiro atoms. The molecule has 0 amide bonds. The molecule has 1 atom stereocenters. The van der Waals surface area contributed by atoms with Crippen LogP contribution in [0.4, 0.5) is 0 Å². The van der Waals surface area contributed by atoms with Crippen molar-refractivity contribution < 1.29 is 5.11 Å². The van der Waals surface area contributed by atoms with Crippen LogP contribution in [0.1, 0.15) is 39.0 Å². The van der Waals surface area contributed by atoms with Gasteiger partial charge in [0.05, 0.1) is 12.1 Å². The summed E-state index contributed by atoms with van der Waals surface area (Å²) in [7, 11) is 2.17. The molecule has 0 aromatic rings. The first-order valence-electron chi connectivity index (χ1n) is 6.77. The van der Waals surface area contributed by atoms with Gasteiger partial charge in [0.15, 0.2) is 0 Å². The van der Waals surface area contributed by atoms with E-state index in [4.69, 9.17) is 0 Å². The Labute approximate surface area is 99.2 Å². The molecule has 2 aliphatic carbocycles. The van der Waals surface area contributed by atoms with Gasteiger partial charge in [-0.25, -0.2) is 0 Å². The molecule has 0 saturated heterocycles. The zero-order valence-electron chi connectivity index (χ0n) is 10.7. The third-order valence-corrected chi connectivity index (χ3v) is 3.87. The molecule has 0 aliphatic heterocycles. The average Bonchev–Trinajstić information content (AvgIpc) is 3.10. The zero-order chi connectivity index (χ0) is 11.6. The van der Waals surface area contributed by atoms with E-state index in [2.05, 4.69) is 24.2 Å². The molecule has 3 heteroatoms. The molecule has 0 aromatic heterocycles. The van der Waals surface area contributed by atoms with E-state index in [1.807, 2.05) is 0 Å². The van der Waals surface area contributed by atoms with Gasteiger partial charge in [0, 0.05) is 12.6 Å². The normalized spacial score (nSPS) is 24.8. The summed E-state index contributed by atoms with van der Waals surface area (Å²) in [6.07, 6.45) is 6.37. The van der Waals surface area contributed by atoms with Gasteiger partial charge < -0.3 is 15.3 Å². The molecular formula is C13H26N2O. The minimum Gasteiger partial charge on any atom is -0.394 e. The van der Waals surface area contributed by atoms with Crippen LogP contribution < -0.4 is 5.32 Å². The Morgan fingerprint density at radius 2 is 2.00 bits per heavy atom. The number of rotatable bonds is 8. The highest BCUT2D eigenvalue weighted by atomic mass is 16.3. The Hall–Kier alpha value is -0.120. The molecule has 2 aliphatic rings. The average molecular weight is 226 g/mol. The first-order chi connectivity index (χ1) is 7.70. The summed E-state index contributed by atoms with van der Waals surface area (Å²) in [6, 6.07) is 0.683. The van der Waals surface area contributed by atoms with Crippen molar-refractivity contribution in [2.45, 2.75) is 50.6 Å². The third kappa shape index (κ3) is 2.96. The third-order valence-electron chi connectivity index (χ3n) is 3.87. The van der Waals surface area contributed by atoms with Gasteiger partial charge in [-0.1, -0.05) is 6.92 Å². The highest BCUT2D eigenvalue weighted by Crippen LogP contribution is 2.41. The van der Waals surface area contributed by atoms with E-state index in [0.29, 0.717) is 18.6 Å². The molecule has 1 unspecified atom stereocenters. The largest absolute Gasteiger partial charge is 0.394 e. The highest BCUT2D eigenvalue weighted by molar-refractivity contribution is 5.05. The predicted molar refractivity (Wildman–Crippen MR) is 66.5 cm³/mol. The number of nitrogens with zero attached hydrogens (tertiary/aromatic N) is 1. The maximum absolute atomic E-state index is 9.79. The van der Waals surface area contributed by atoms with Gasteiger partial charge in [-0.3, -0.25) is 0 Å². The quantitative estimate of drug-likeness (QED) is 0.653. The number of hydrogen-bond acceptors (Lipinski definition) is 3. The van der Waals surface area contributed by atoms with E-state index in [1.165, 1.54) is 32.1 Å². The lowest BCUT2D eigenvalue weighted by Gasteiger charge is -2.37. The van der Waals surface area contributed by atoms with Crippen LogP contribution in [0.5, 0.6) is 0 Å². The summed E-state index contributed by atoms with van der Waals surface area (Å²) in [5.41, 5.74) is -0.00884. The molecule has 2 N–H and O–H groups in total. The van der Waals surface area contributed by atoms with E-state index in [9.17, 15) is 5.11 Å². The monoisotopic (exact) mass is 226 g/mol. The highest BCUT2D eigenvalue weighted by Gasteiger charge is 2.47. The van der Waals surface area contributed by atoms with Crippen molar-refractivity contribution in [3.05, 3.63) is 0 Å². The fourth-order valence-electron chi connectivity index (χ4n) is 2.73. The first-order valence-corrected chi connectivity index (χ1v) is 6.77. The Balaban J connectivity index is 1.93. The second-order valence-electron chi connectivity index (χ2n) is 5.74. The van der Waals surface area contributed by atoms with E-state index >= 15 is 0 Å². The minimum atomic E-state index is -0.00884. The van der Waals surface area contributed by atoms with Crippen LogP contribution >= 0.6 is 0 Å². The maximum atomic E-state index is 9.79. The van der Waals surface area contributed by atoms with Crippen LogP contribution in [-0.2, 0) is 0 Å². The van der Waals surface area contributed by atoms with Crippen LogP contribution in [0.25, 0.3) is 0 Å². The van der Waals surface area contributed by atoms with Gasteiger partial charge in [0.1, 0.15) is 0 Å². The van der Waals surface area contributed by atoms with Crippen molar-refractivity contribution >= 4 is 0 Å². The molecule has 0 radical (unpaired) electrons. The smallest absolute Gasteiger partial charge is 0.0628 e. The van der Waals surface area contributed by atoms with Gasteiger partial charge >= 0.3 is 0 Å². The number of aliphatic hydroxyl groups excluding tert-OH is 1. The molecule has 2 fully saturated rings. The summed E-state index contributed by atoms with van der Waals surface area (Å²) in [5, 5.41) is 13.5. The van der Waals surface area contributed by atoms with Crippen molar-refractivity contribution in [1.29, 1.82) is 0 Å². The Morgan fingerprint density at radius 1 is 1.31 bits per heavy atom. The van der Waals surface area contributed by atoms with Gasteiger partial charge in [-0.2, -0.15) is 0 Å². The van der Waals surface area contributed by atoms with E-state index in [0.717, 1.165) is 13.1 Å². The van der Waals surface area contributed by atoms with Crippen molar-refractivity contribution in [3.8, 4) is 0 Å². The summed E-state index contributed by atoms with van der Waals surface area (Å²) in [6.45, 7) is 4.63. The van der Waals surface area contributed by atoms with Crippen LogP contribution in [0.3, 0.4) is 0 Å². The fraction of sp³-hybridized carbons (Fsp3) is 1.00. The summed E-state index contributed by atoms with van der Waals surface area (Å²) in [4.78, 5) is 2.37. The SMILES string of the molecule is CCCN(C)CC(CO)(NC1CC1)C1CC1. The fourth-order valence-corrected chi connectivity index (χ4v) is 2.73. The molecule has 2 rings (SSSR count). The number of hydrogen-bond donors (Lipinski definition) is 2. The van der Waals surface area contributed by atoms with Gasteiger partial charge in [-0.15, -0.1) is 0 Å². The van der Waals surface area contributed by atoms with Crippen molar-refractivity contribution in [1.82, 2.24) is 10.2 Å². The first kappa shape index (κ1) is 12.3. The molecule has 0 heterocycles. The van der Waals surface area contributed by atoms with Gasteiger partial charge in [-0.05, 0) is 51.6 Å². The van der Waals surface area contributed by atoms with Crippen molar-refractivity contribution in [2.75, 3.05) is 26.7 Å². The minimum absolute atomic E-state index is 0.00884. The number of nitrogens with one attached hydrogen (secondary N) is 1. The van der Waals surface area contributed by atoms with Crippen LogP contribution in [-0.4, -0.2) is 48.3 Å². The molecule has 0 bridgehead atoms. The molecule has 2 saturated carbocycles. The maximum Gasteiger partial charge on any atom is 0.0628 e. The standard InChI is InChI=1S/C13H26N2O/c1-3-8-15(2)9-13(10-16,11-4-5-11)14-12-6-7-12/h11-12,14,16H,3-10H2,1-2H3. The Bertz CT molecular complexity index is 226. The molecular weight excluding hydrogens is 200 g/mol. The lowest BCUT2D eigenvalue weighted by Crippen LogP contribution is -2.58. The van der Waals surface area contributed by atoms with Crippen LogP contribution in [0, 0.1) is 5.92 Å². The number of aliphatic hydroxyl groups is 1. The van der Waals surface area contributed by atoms with Crippen molar-refractivity contribution in [3.63, 3.8) is 0 Å². The molecule has 16 heavy (non-hydrogen) atoms. The second-order valence-corrected chi connectivity index (χ2v) is 5.74. The molecule has 0 aromatic carbocycles. The lowest BCUT2D eigenvalue weighted by molar-refractivity contribution is 0.0989. The van der Waals surface area contributed by atoms with Gasteiger partial charge in [0.25, 0.3) is 0 Å². The Kier molecular flexibility index (Phi) is 3.88. The van der Waals surface area contributed by atoms with E-state index in [-0.39, 0.29) is 5.54 Å². The molecule has 3 nitrogen and oxygen atoms in total. The zero-order valence-corrected chi connectivity index (χ0v) is 10.7. The van der Waals surface area contributed by atoms with E-state index < -0.39 is 0 Å². The summed E-state index contributed by atoms with van der Waals surface area (Å²) < 4.78 is 0. The van der Waals surface area contributed by atoms with Crippen LogP contribution in [0.15, 0.2) is 0 Å². The molecule has 94 valence electrons. The second kappa shape index (κ2) is 5.03. The lowest BCUT2D eigenvalue weighted by atomic mass is 9.93. The van der Waals surface area contributed by atoms with E-state index in [1.54, 1.807) is 0 Å². The summed E-state index contributed by atoms with van der Waals surface area (Å²) >= 11 is 0. The summed E-state index contributed by atoms with van der Waals surface area (Å²) in [5.74, 6) is 0.706. The van der Waals surface area contributed by atoms with Gasteiger partial charge in [0.2, 0.25) is 0 Å². The van der Waals surface area contributed by atoms with Crippen molar-refractivity contribution in [2.24, 2.45) is 5.92 Å². The predicted octanol–water partition coefficient (Wildman–Crippen LogP) is 1.22. The number of likely N-dealkylation sites (N-methyl/N-ethyl adjacent to an activating group) is 1. The topological polar surface area (TPSA) is 35.5 Å².